The van der Waals surface area contributed by atoms with E-state index in [4.69, 9.17) is 0 Å². The van der Waals surface area contributed by atoms with Gasteiger partial charge in [-0.05, 0) is 64.2 Å². The van der Waals surface area contributed by atoms with E-state index in [1.54, 1.807) is 8.87 Å². The van der Waals surface area contributed by atoms with E-state index < -0.39 is 47.9 Å². The van der Waals surface area contributed by atoms with Crippen molar-refractivity contribution in [1.29, 1.82) is 0 Å². The summed E-state index contributed by atoms with van der Waals surface area (Å²) >= 11 is 0.149. The summed E-state index contributed by atoms with van der Waals surface area (Å²) in [4.78, 5) is 42.8. The number of unbranched alkanes of at least 4 members (excludes halogenated alkanes) is 26. The Morgan fingerprint density at radius 3 is 0.857 bits per heavy atom. The van der Waals surface area contributed by atoms with E-state index >= 15 is 0 Å². The Bertz CT molecular complexity index is 1030. The first kappa shape index (κ1) is 65.4. The van der Waals surface area contributed by atoms with Gasteiger partial charge in [-0.2, -0.15) is 0 Å². The van der Waals surface area contributed by atoms with Gasteiger partial charge in [0.05, 0.1) is 11.9 Å². The molecule has 0 aromatic heterocycles. The molecule has 0 aromatic rings. The van der Waals surface area contributed by atoms with Gasteiger partial charge in [0.1, 0.15) is 11.2 Å². The normalized spacial score (nSPS) is 13.2. The molecule has 6 radical (unpaired) electrons. The zero-order chi connectivity index (χ0) is 47.7. The summed E-state index contributed by atoms with van der Waals surface area (Å²) in [5.41, 5.74) is -4.61. The number of hydrogen-bond acceptors (Lipinski definition) is 10. The zero-order valence-electron chi connectivity index (χ0n) is 40.8. The molecule has 2 unspecified atom stereocenters. The van der Waals surface area contributed by atoms with Crippen LogP contribution in [0.15, 0.2) is 24.3 Å². The van der Waals surface area contributed by atoms with Crippen molar-refractivity contribution in [2.75, 3.05) is 0 Å². The van der Waals surface area contributed by atoms with Crippen LogP contribution in [0.25, 0.3) is 0 Å². The molecule has 11 heteroatoms. The average molecular weight is 998 g/mol. The Balaban J connectivity index is -0.000000956. The van der Waals surface area contributed by atoms with Crippen molar-refractivity contribution in [3.63, 3.8) is 0 Å². The van der Waals surface area contributed by atoms with Gasteiger partial charge in [-0.25, -0.2) is 0 Å². The Hall–Kier alpha value is -1.92. The maximum atomic E-state index is 10.9. The Kier molecular flexibility index (Phi) is 51.4. The van der Waals surface area contributed by atoms with E-state index in [9.17, 15) is 49.8 Å². The van der Waals surface area contributed by atoms with Crippen LogP contribution >= 0.6 is 0 Å². The van der Waals surface area contributed by atoms with Crippen LogP contribution in [0.4, 0.5) is 0 Å². The van der Waals surface area contributed by atoms with Gasteiger partial charge in [-0.1, -0.05) is 167 Å². The summed E-state index contributed by atoms with van der Waals surface area (Å²) in [6.07, 6.45) is 44.6. The van der Waals surface area contributed by atoms with Gasteiger partial charge in [-0.15, -0.1) is 0 Å². The van der Waals surface area contributed by atoms with E-state index in [1.165, 1.54) is 116 Å². The summed E-state index contributed by atoms with van der Waals surface area (Å²) in [7, 11) is 0. The number of carboxylic acid groups (broad SMARTS) is 4. The van der Waals surface area contributed by atoms with Crippen molar-refractivity contribution in [2.24, 2.45) is 0 Å². The molecule has 0 spiro atoms. The van der Waals surface area contributed by atoms with E-state index in [1.807, 2.05) is 0 Å². The minimum absolute atomic E-state index is 0.107. The zero-order valence-corrected chi connectivity index (χ0v) is 43.7. The maximum absolute atomic E-state index is 10.9. The molecule has 0 bridgehead atoms. The fourth-order valence-electron chi connectivity index (χ4n) is 7.06. The summed E-state index contributed by atoms with van der Waals surface area (Å²) < 4.78 is 3.25. The summed E-state index contributed by atoms with van der Waals surface area (Å²) in [5, 5.41) is 62.4. The number of allylic oxidation sites excluding steroid dienone is 4. The van der Waals surface area contributed by atoms with Crippen LogP contribution in [0.2, 0.25) is 8.87 Å². The number of rotatable bonds is 44. The predicted octanol–water partition coefficient (Wildman–Crippen LogP) is 9.20. The standard InChI is InChI=1S/2C22H40O5.2C4H9.Sn/c2*1-2-3-4-5-6-7-8-9-10-11-12-13-14-15-16-17-18-22(27,21(25)26)19-20(23)24;2*1-3-4-2;/h2*9-10,27H,2-8,11-19H2,1H3,(H,23,24)(H,25,26);2*1,3-4H2,2H3;/q;;;;+4/p-4/b2*10-9-;;;. The third-order valence-electron chi connectivity index (χ3n) is 11.3. The van der Waals surface area contributed by atoms with E-state index in [0.29, 0.717) is 12.8 Å². The van der Waals surface area contributed by atoms with Gasteiger partial charge >= 0.3 is 69.5 Å². The van der Waals surface area contributed by atoms with Gasteiger partial charge in [0, 0.05) is 24.8 Å². The first-order valence-corrected chi connectivity index (χ1v) is 29.6. The van der Waals surface area contributed by atoms with E-state index in [0.717, 1.165) is 77.0 Å². The Morgan fingerprint density at radius 2 is 0.619 bits per heavy atom. The first-order chi connectivity index (χ1) is 30.3. The number of carbonyl (C=O) groups is 4. The quantitative estimate of drug-likeness (QED) is 0.0337. The predicted molar refractivity (Wildman–Crippen MR) is 252 cm³/mol. The fraction of sp³-hybridized carbons (Fsp3) is 0.846. The van der Waals surface area contributed by atoms with Crippen molar-refractivity contribution < 1.29 is 49.8 Å². The molecule has 10 nitrogen and oxygen atoms in total. The molecule has 0 fully saturated rings. The molecule has 0 aliphatic carbocycles. The molecule has 0 heterocycles. The molecule has 0 rings (SSSR count). The molecular weight excluding hydrogens is 903 g/mol. The number of hydrogen-bond donors (Lipinski definition) is 2. The van der Waals surface area contributed by atoms with Crippen molar-refractivity contribution in [3.05, 3.63) is 24.3 Å². The SMILES string of the molecule is CCCCCCCC/C=C\CCCCCCCCC(O)(CC(=O)[O-])C(=O)[O-].CCCCCCCC/C=C\CCCCCCCCC(O)(CC(=O)[O-])C(=O)[O-].CCC[CH2][Sn+4][CH2]CCC. The third-order valence-corrected chi connectivity index (χ3v) is 15.3. The summed E-state index contributed by atoms with van der Waals surface area (Å²) in [5.74, 6) is -6.63. The van der Waals surface area contributed by atoms with Crippen LogP contribution in [0.1, 0.15) is 259 Å². The van der Waals surface area contributed by atoms with Crippen LogP contribution in [-0.2, 0) is 19.2 Å². The summed E-state index contributed by atoms with van der Waals surface area (Å²) in [6, 6.07) is 0. The van der Waals surface area contributed by atoms with Gasteiger partial charge in [0.15, 0.2) is 0 Å². The first-order valence-electron chi connectivity index (χ1n) is 25.5. The molecule has 0 aliphatic heterocycles. The van der Waals surface area contributed by atoms with Crippen molar-refractivity contribution in [3.8, 4) is 0 Å². The topological polar surface area (TPSA) is 201 Å². The number of carbonyl (C=O) groups excluding carboxylic acids is 4. The van der Waals surface area contributed by atoms with Gasteiger partial charge in [0.25, 0.3) is 0 Å². The minimum atomic E-state index is -2.31. The summed E-state index contributed by atoms with van der Waals surface area (Å²) in [6.45, 7) is 9.05. The number of carboxylic acids is 4. The molecule has 0 aromatic carbocycles. The van der Waals surface area contributed by atoms with Crippen molar-refractivity contribution >= 4 is 45.0 Å². The molecular formula is C52H94O10Sn. The Labute approximate surface area is 396 Å². The van der Waals surface area contributed by atoms with Crippen LogP contribution in [-0.4, -0.2) is 66.4 Å². The molecule has 63 heavy (non-hydrogen) atoms. The van der Waals surface area contributed by atoms with Gasteiger partial charge in [0.2, 0.25) is 0 Å². The van der Waals surface area contributed by atoms with Crippen molar-refractivity contribution in [1.82, 2.24) is 0 Å². The molecule has 2 atom stereocenters. The van der Waals surface area contributed by atoms with Crippen LogP contribution in [0, 0.1) is 0 Å². The molecule has 366 valence electrons. The number of aliphatic hydroxyl groups is 2. The molecule has 0 aliphatic rings. The van der Waals surface area contributed by atoms with Crippen molar-refractivity contribution in [2.45, 2.75) is 279 Å². The van der Waals surface area contributed by atoms with Crippen LogP contribution in [0.5, 0.6) is 0 Å². The Morgan fingerprint density at radius 1 is 0.381 bits per heavy atom. The molecule has 0 amide bonds. The van der Waals surface area contributed by atoms with E-state index in [2.05, 4.69) is 52.0 Å². The van der Waals surface area contributed by atoms with Crippen LogP contribution in [0.3, 0.4) is 0 Å². The fourth-order valence-corrected chi connectivity index (χ4v) is 11.2. The third kappa shape index (κ3) is 49.4. The molecule has 2 N–H and O–H groups in total. The second-order valence-corrected chi connectivity index (χ2v) is 21.8. The van der Waals surface area contributed by atoms with Gasteiger partial charge < -0.3 is 49.8 Å². The van der Waals surface area contributed by atoms with Crippen LogP contribution < -0.4 is 20.4 Å². The average Bonchev–Trinajstić information content (AvgIpc) is 3.23. The van der Waals surface area contributed by atoms with E-state index in [-0.39, 0.29) is 34.0 Å². The second-order valence-electron chi connectivity index (χ2n) is 17.6. The second kappa shape index (κ2) is 49.5. The monoisotopic (exact) mass is 999 g/mol. The number of aliphatic carboxylic acids is 4. The molecule has 0 saturated carbocycles. The molecule has 0 saturated heterocycles. The van der Waals surface area contributed by atoms with Gasteiger partial charge in [-0.3, -0.25) is 0 Å².